The zero-order valence-corrected chi connectivity index (χ0v) is 15.2. The summed E-state index contributed by atoms with van der Waals surface area (Å²) in [5, 5.41) is 22.8. The lowest BCUT2D eigenvalue weighted by molar-refractivity contribution is -0.719. The highest BCUT2D eigenvalue weighted by atomic mass is 16.7. The van der Waals surface area contributed by atoms with Crippen LogP contribution >= 0.6 is 0 Å². The molecule has 0 amide bonds. The fourth-order valence-corrected chi connectivity index (χ4v) is 3.14. The molecule has 1 unspecified atom stereocenters. The standard InChI is InChI=1S/C17H14N4O8/c1-28-16(22)11-12(15(20(24)25)21(26)27)18-14-10-6-4-3-5-9(10)7-8-19(14)13(11)17(23)29-2/h3-8,14-15H,1-2H3. The molecule has 0 bridgehead atoms. The van der Waals surface area contributed by atoms with Crippen LogP contribution in [0.1, 0.15) is 17.3 Å². The summed E-state index contributed by atoms with van der Waals surface area (Å²) in [4.78, 5) is 50.8. The Bertz CT molecular complexity index is 998. The highest BCUT2D eigenvalue weighted by molar-refractivity contribution is 6.25. The van der Waals surface area contributed by atoms with Crippen molar-refractivity contribution >= 4 is 23.7 Å². The van der Waals surface area contributed by atoms with Gasteiger partial charge in [0.15, 0.2) is 6.17 Å². The lowest BCUT2D eigenvalue weighted by Gasteiger charge is -2.36. The normalized spacial score (nSPS) is 17.3. The van der Waals surface area contributed by atoms with Crippen LogP contribution < -0.4 is 0 Å². The maximum Gasteiger partial charge on any atom is 0.493 e. The third-order valence-electron chi connectivity index (χ3n) is 4.38. The van der Waals surface area contributed by atoms with Crippen LogP contribution in [0.25, 0.3) is 6.08 Å². The van der Waals surface area contributed by atoms with E-state index in [9.17, 15) is 29.8 Å². The molecule has 0 saturated carbocycles. The molecule has 0 saturated heterocycles. The number of esters is 2. The molecule has 0 N–H and O–H groups in total. The van der Waals surface area contributed by atoms with E-state index in [-0.39, 0.29) is 0 Å². The van der Waals surface area contributed by atoms with E-state index >= 15 is 0 Å². The van der Waals surface area contributed by atoms with E-state index in [2.05, 4.69) is 9.73 Å². The second-order valence-corrected chi connectivity index (χ2v) is 5.89. The molecule has 12 nitrogen and oxygen atoms in total. The van der Waals surface area contributed by atoms with Crippen LogP contribution in [0.4, 0.5) is 0 Å². The number of benzene rings is 1. The molecule has 29 heavy (non-hydrogen) atoms. The van der Waals surface area contributed by atoms with Crippen LogP contribution in [0.2, 0.25) is 0 Å². The predicted octanol–water partition coefficient (Wildman–Crippen LogP) is 0.906. The highest BCUT2D eigenvalue weighted by Crippen LogP contribution is 2.39. The lowest BCUT2D eigenvalue weighted by Crippen LogP contribution is -2.46. The molecule has 2 aliphatic rings. The van der Waals surface area contributed by atoms with Gasteiger partial charge in [-0.1, -0.05) is 24.3 Å². The zero-order valence-electron chi connectivity index (χ0n) is 15.2. The quantitative estimate of drug-likeness (QED) is 0.302. The first-order chi connectivity index (χ1) is 13.8. The summed E-state index contributed by atoms with van der Waals surface area (Å²) in [7, 11) is 2.02. The lowest BCUT2D eigenvalue weighted by atomic mass is 9.95. The van der Waals surface area contributed by atoms with Crippen molar-refractivity contribution < 1.29 is 28.9 Å². The molecule has 0 radical (unpaired) electrons. The van der Waals surface area contributed by atoms with Crippen molar-refractivity contribution in [3.63, 3.8) is 0 Å². The van der Waals surface area contributed by atoms with Crippen molar-refractivity contribution in [1.82, 2.24) is 4.90 Å². The number of hydrogen-bond donors (Lipinski definition) is 0. The second-order valence-electron chi connectivity index (χ2n) is 5.89. The van der Waals surface area contributed by atoms with Gasteiger partial charge in [-0.05, 0) is 11.6 Å². The van der Waals surface area contributed by atoms with Crippen LogP contribution in [-0.4, -0.2) is 52.8 Å². The van der Waals surface area contributed by atoms with Crippen LogP contribution in [0.15, 0.2) is 46.7 Å². The Labute approximate surface area is 163 Å². The number of fused-ring (bicyclic) bond motifs is 3. The molecule has 0 spiro atoms. The minimum absolute atomic E-state index is 0.436. The van der Waals surface area contributed by atoms with Crippen LogP contribution in [0, 0.1) is 20.2 Å². The Morgan fingerprint density at radius 3 is 2.31 bits per heavy atom. The van der Waals surface area contributed by atoms with Gasteiger partial charge in [0.2, 0.25) is 5.71 Å². The molecular weight excluding hydrogens is 388 g/mol. The van der Waals surface area contributed by atoms with E-state index in [1.165, 1.54) is 11.1 Å². The van der Waals surface area contributed by atoms with E-state index in [4.69, 9.17) is 4.74 Å². The van der Waals surface area contributed by atoms with E-state index < -0.39 is 51.1 Å². The molecule has 0 aromatic heterocycles. The monoisotopic (exact) mass is 402 g/mol. The molecule has 0 fully saturated rings. The maximum atomic E-state index is 12.5. The number of hydrogen-bond acceptors (Lipinski definition) is 10. The number of nitrogens with zero attached hydrogens (tertiary/aromatic N) is 4. The average Bonchev–Trinajstić information content (AvgIpc) is 2.71. The summed E-state index contributed by atoms with van der Waals surface area (Å²) in [5.74, 6) is -2.22. The van der Waals surface area contributed by atoms with Gasteiger partial charge >= 0.3 is 18.1 Å². The number of ether oxygens (including phenoxy) is 2. The maximum absolute atomic E-state index is 12.5. The van der Waals surface area contributed by atoms with E-state index in [1.54, 1.807) is 30.3 Å². The van der Waals surface area contributed by atoms with E-state index in [1.807, 2.05) is 0 Å². The highest BCUT2D eigenvalue weighted by Gasteiger charge is 2.50. The Morgan fingerprint density at radius 2 is 1.72 bits per heavy atom. The molecule has 1 atom stereocenters. The number of methoxy groups -OCH3 is 2. The average molecular weight is 402 g/mol. The Balaban J connectivity index is 2.35. The topological polar surface area (TPSA) is 154 Å². The van der Waals surface area contributed by atoms with Gasteiger partial charge in [0.05, 0.1) is 14.2 Å². The number of carbonyl (C=O) groups excluding carboxylic acids is 2. The van der Waals surface area contributed by atoms with Gasteiger partial charge < -0.3 is 14.4 Å². The Kier molecular flexibility index (Phi) is 5.08. The SMILES string of the molecule is COC(=O)C1=C(C(=O)OC)N2C=Cc3ccccc3C2N=C1C([N+](=O)[O-])[N+](=O)[O-]. The second kappa shape index (κ2) is 7.50. The molecule has 0 aliphatic carbocycles. The van der Waals surface area contributed by atoms with Crippen molar-refractivity contribution in [2.45, 2.75) is 12.3 Å². The molecule has 3 rings (SSSR count). The first kappa shape index (κ1) is 19.7. The Hall–Kier alpha value is -4.09. The van der Waals surface area contributed by atoms with Gasteiger partial charge in [-0.25, -0.2) is 14.6 Å². The van der Waals surface area contributed by atoms with Crippen LogP contribution in [-0.2, 0) is 19.1 Å². The van der Waals surface area contributed by atoms with Crippen LogP contribution in [0.3, 0.4) is 0 Å². The number of nitro groups is 2. The molecule has 1 aromatic carbocycles. The van der Waals surface area contributed by atoms with Gasteiger partial charge in [-0.2, -0.15) is 0 Å². The molecule has 2 heterocycles. The summed E-state index contributed by atoms with van der Waals surface area (Å²) >= 11 is 0. The van der Waals surface area contributed by atoms with Gasteiger partial charge in [0.1, 0.15) is 21.1 Å². The predicted molar refractivity (Wildman–Crippen MR) is 96.3 cm³/mol. The van der Waals surface area contributed by atoms with Gasteiger partial charge in [-0.15, -0.1) is 0 Å². The van der Waals surface area contributed by atoms with Crippen molar-refractivity contribution in [1.29, 1.82) is 0 Å². The van der Waals surface area contributed by atoms with Crippen molar-refractivity contribution in [3.8, 4) is 0 Å². The fraction of sp³-hybridized carbons (Fsp3) is 0.235. The minimum Gasteiger partial charge on any atom is -0.465 e. The summed E-state index contributed by atoms with van der Waals surface area (Å²) in [6, 6.07) is 6.83. The van der Waals surface area contributed by atoms with E-state index in [0.717, 1.165) is 14.2 Å². The first-order valence-corrected chi connectivity index (χ1v) is 8.13. The first-order valence-electron chi connectivity index (χ1n) is 8.13. The van der Waals surface area contributed by atoms with Gasteiger partial charge in [0, 0.05) is 11.8 Å². The largest absolute Gasteiger partial charge is 0.493 e. The van der Waals surface area contributed by atoms with Crippen molar-refractivity contribution in [2.75, 3.05) is 14.2 Å². The van der Waals surface area contributed by atoms with Gasteiger partial charge in [0.25, 0.3) is 0 Å². The Morgan fingerprint density at radius 1 is 1.10 bits per heavy atom. The number of carbonyl (C=O) groups is 2. The summed E-state index contributed by atoms with van der Waals surface area (Å²) in [5.41, 5.74) is -0.699. The molecule has 1 aromatic rings. The minimum atomic E-state index is -2.58. The molecule has 12 heteroatoms. The smallest absolute Gasteiger partial charge is 0.465 e. The summed E-state index contributed by atoms with van der Waals surface area (Å²) in [6.07, 6.45) is -0.543. The third kappa shape index (κ3) is 3.20. The third-order valence-corrected chi connectivity index (χ3v) is 4.38. The molecular formula is C17H14N4O8. The summed E-state index contributed by atoms with van der Waals surface area (Å²) < 4.78 is 9.35. The molecule has 2 aliphatic heterocycles. The van der Waals surface area contributed by atoms with Crippen LogP contribution in [0.5, 0.6) is 0 Å². The van der Waals surface area contributed by atoms with Crippen molar-refractivity contribution in [2.24, 2.45) is 4.99 Å². The zero-order chi connectivity index (χ0) is 21.3. The molecule has 150 valence electrons. The van der Waals surface area contributed by atoms with Crippen molar-refractivity contribution in [3.05, 3.63) is 73.1 Å². The fourth-order valence-electron chi connectivity index (χ4n) is 3.14. The summed E-state index contributed by atoms with van der Waals surface area (Å²) in [6.45, 7) is 0. The van der Waals surface area contributed by atoms with Gasteiger partial charge in [-0.3, -0.25) is 20.2 Å². The number of aliphatic imine (C=N–C) groups is 1. The van der Waals surface area contributed by atoms with E-state index in [0.29, 0.717) is 11.1 Å². The number of rotatable bonds is 5.